The maximum Gasteiger partial charge on any atom is 0.315 e. The lowest BCUT2D eigenvalue weighted by atomic mass is 10.1. The quantitative estimate of drug-likeness (QED) is 0.523. The monoisotopic (exact) mass is 283 g/mol. The fourth-order valence-electron chi connectivity index (χ4n) is 1.89. The molecule has 4 N–H and O–H groups in total. The van der Waals surface area contributed by atoms with E-state index in [2.05, 4.69) is 16.0 Å². The average molecular weight is 283 g/mol. The molecule has 0 aromatic heterocycles. The van der Waals surface area contributed by atoms with Gasteiger partial charge in [0.2, 0.25) is 5.91 Å². The smallest absolute Gasteiger partial charge is 0.315 e. The third kappa shape index (κ3) is 5.73. The summed E-state index contributed by atoms with van der Waals surface area (Å²) in [7, 11) is 0. The number of nitrogens with one attached hydrogen (secondary N) is 3. The number of carbonyl (C=O) groups is 3. The van der Waals surface area contributed by atoms with Gasteiger partial charge in [-0.1, -0.05) is 12.2 Å². The first-order valence-electron chi connectivity index (χ1n) is 6.63. The topological polar surface area (TPSA) is 108 Å². The Kier molecular flexibility index (Phi) is 6.02. The van der Waals surface area contributed by atoms with Gasteiger partial charge in [0.15, 0.2) is 0 Å². The zero-order valence-electron chi connectivity index (χ0n) is 11.7. The van der Waals surface area contributed by atoms with Crippen LogP contribution in [0.4, 0.5) is 4.79 Å². The van der Waals surface area contributed by atoms with Crippen LogP contribution >= 0.6 is 0 Å². The standard InChI is InChI=1S/C13H21N3O4/c1-8(2)15-11(17)5-6-14-13(20)16-10-4-3-9(7-10)12(18)19/h3-4,8-10H,5-7H2,1-2H3,(H,15,17)(H,18,19)(H2,14,16,20). The molecule has 0 aromatic rings. The minimum Gasteiger partial charge on any atom is -0.481 e. The van der Waals surface area contributed by atoms with Gasteiger partial charge in [-0.3, -0.25) is 9.59 Å². The Morgan fingerprint density at radius 1 is 1.30 bits per heavy atom. The van der Waals surface area contributed by atoms with E-state index in [4.69, 9.17) is 5.11 Å². The van der Waals surface area contributed by atoms with Crippen molar-refractivity contribution in [2.75, 3.05) is 6.54 Å². The number of aliphatic carboxylic acids is 1. The maximum absolute atomic E-state index is 11.5. The molecule has 0 aliphatic heterocycles. The third-order valence-corrected chi connectivity index (χ3v) is 2.80. The molecule has 1 rings (SSSR count). The minimum absolute atomic E-state index is 0.0768. The van der Waals surface area contributed by atoms with Crippen LogP contribution in [0.5, 0.6) is 0 Å². The Balaban J connectivity index is 2.17. The van der Waals surface area contributed by atoms with Gasteiger partial charge in [-0.15, -0.1) is 0 Å². The molecule has 0 bridgehead atoms. The summed E-state index contributed by atoms with van der Waals surface area (Å²) in [6.07, 6.45) is 3.81. The average Bonchev–Trinajstić information content (AvgIpc) is 2.76. The van der Waals surface area contributed by atoms with E-state index in [1.807, 2.05) is 13.8 Å². The molecule has 0 saturated heterocycles. The molecule has 3 amide bonds. The van der Waals surface area contributed by atoms with Crippen molar-refractivity contribution in [2.24, 2.45) is 5.92 Å². The van der Waals surface area contributed by atoms with E-state index in [0.29, 0.717) is 6.42 Å². The van der Waals surface area contributed by atoms with Crippen molar-refractivity contribution in [3.05, 3.63) is 12.2 Å². The second kappa shape index (κ2) is 7.52. The number of carboxylic acid groups (broad SMARTS) is 1. The largest absolute Gasteiger partial charge is 0.481 e. The highest BCUT2D eigenvalue weighted by Gasteiger charge is 2.25. The van der Waals surface area contributed by atoms with E-state index >= 15 is 0 Å². The number of amides is 3. The highest BCUT2D eigenvalue weighted by molar-refractivity contribution is 5.79. The van der Waals surface area contributed by atoms with Crippen LogP contribution < -0.4 is 16.0 Å². The van der Waals surface area contributed by atoms with Gasteiger partial charge in [0.25, 0.3) is 0 Å². The molecule has 0 aromatic carbocycles. The molecule has 0 spiro atoms. The van der Waals surface area contributed by atoms with Crippen LogP contribution in [0, 0.1) is 5.92 Å². The number of urea groups is 1. The van der Waals surface area contributed by atoms with E-state index in [0.717, 1.165) is 0 Å². The maximum atomic E-state index is 11.5. The highest BCUT2D eigenvalue weighted by atomic mass is 16.4. The fraction of sp³-hybridized carbons (Fsp3) is 0.615. The first kappa shape index (κ1) is 16.0. The molecule has 20 heavy (non-hydrogen) atoms. The Labute approximate surface area is 117 Å². The van der Waals surface area contributed by atoms with E-state index in [1.165, 1.54) is 0 Å². The molecule has 2 atom stereocenters. The molecule has 2 unspecified atom stereocenters. The van der Waals surface area contributed by atoms with Gasteiger partial charge >= 0.3 is 12.0 Å². The molecule has 0 saturated carbocycles. The van der Waals surface area contributed by atoms with Crippen LogP contribution in [0.3, 0.4) is 0 Å². The molecule has 7 heteroatoms. The lowest BCUT2D eigenvalue weighted by molar-refractivity contribution is -0.140. The lowest BCUT2D eigenvalue weighted by Crippen LogP contribution is -2.42. The zero-order valence-corrected chi connectivity index (χ0v) is 11.7. The van der Waals surface area contributed by atoms with E-state index in [9.17, 15) is 14.4 Å². The van der Waals surface area contributed by atoms with Crippen LogP contribution in [0.1, 0.15) is 26.7 Å². The van der Waals surface area contributed by atoms with E-state index < -0.39 is 17.9 Å². The zero-order chi connectivity index (χ0) is 15.1. The second-order valence-electron chi connectivity index (χ2n) is 5.04. The Morgan fingerprint density at radius 3 is 2.55 bits per heavy atom. The first-order valence-corrected chi connectivity index (χ1v) is 6.63. The fourth-order valence-corrected chi connectivity index (χ4v) is 1.89. The van der Waals surface area contributed by atoms with Gasteiger partial charge in [0.1, 0.15) is 0 Å². The summed E-state index contributed by atoms with van der Waals surface area (Å²) >= 11 is 0. The van der Waals surface area contributed by atoms with Crippen molar-refractivity contribution in [2.45, 2.75) is 38.8 Å². The summed E-state index contributed by atoms with van der Waals surface area (Å²) in [5, 5.41) is 16.7. The Bertz CT molecular complexity index is 406. The van der Waals surface area contributed by atoms with Crippen molar-refractivity contribution < 1.29 is 19.5 Å². The molecule has 0 radical (unpaired) electrons. The number of hydrogen-bond donors (Lipinski definition) is 4. The lowest BCUT2D eigenvalue weighted by Gasteiger charge is -2.13. The van der Waals surface area contributed by atoms with Crippen LogP contribution in [0.25, 0.3) is 0 Å². The van der Waals surface area contributed by atoms with Crippen LogP contribution in [-0.2, 0) is 9.59 Å². The summed E-state index contributed by atoms with van der Waals surface area (Å²) in [5.74, 6) is -1.56. The highest BCUT2D eigenvalue weighted by Crippen LogP contribution is 2.17. The SMILES string of the molecule is CC(C)NC(=O)CCNC(=O)NC1C=CC(C(=O)O)C1. The van der Waals surface area contributed by atoms with Crippen molar-refractivity contribution in [1.29, 1.82) is 0 Å². The molecule has 1 aliphatic rings. The van der Waals surface area contributed by atoms with Gasteiger partial charge in [0, 0.05) is 19.0 Å². The predicted octanol–water partition coefficient (Wildman–Crippen LogP) is 0.230. The minimum atomic E-state index is -0.892. The summed E-state index contributed by atoms with van der Waals surface area (Å²) in [6, 6.07) is -0.600. The molecular weight excluding hydrogens is 262 g/mol. The van der Waals surface area contributed by atoms with Crippen LogP contribution in [0.15, 0.2) is 12.2 Å². The van der Waals surface area contributed by atoms with Crippen LogP contribution in [-0.4, -0.2) is 41.6 Å². The Morgan fingerprint density at radius 2 is 2.00 bits per heavy atom. The third-order valence-electron chi connectivity index (χ3n) is 2.80. The predicted molar refractivity (Wildman–Crippen MR) is 73.1 cm³/mol. The van der Waals surface area contributed by atoms with Gasteiger partial charge in [-0.2, -0.15) is 0 Å². The molecular formula is C13H21N3O4. The van der Waals surface area contributed by atoms with Crippen molar-refractivity contribution in [3.8, 4) is 0 Å². The van der Waals surface area contributed by atoms with Gasteiger partial charge < -0.3 is 21.1 Å². The van der Waals surface area contributed by atoms with E-state index in [-0.39, 0.29) is 31.0 Å². The molecule has 7 nitrogen and oxygen atoms in total. The van der Waals surface area contributed by atoms with Gasteiger partial charge in [0.05, 0.1) is 12.0 Å². The normalized spacial score (nSPS) is 20.8. The first-order chi connectivity index (χ1) is 9.38. The summed E-state index contributed by atoms with van der Waals surface area (Å²) in [4.78, 5) is 33.6. The Hall–Kier alpha value is -2.05. The van der Waals surface area contributed by atoms with Crippen LogP contribution in [0.2, 0.25) is 0 Å². The number of rotatable bonds is 6. The number of carbonyl (C=O) groups excluding carboxylic acids is 2. The summed E-state index contributed by atoms with van der Waals surface area (Å²) < 4.78 is 0. The van der Waals surface area contributed by atoms with Crippen molar-refractivity contribution in [1.82, 2.24) is 16.0 Å². The number of carboxylic acids is 1. The van der Waals surface area contributed by atoms with Crippen molar-refractivity contribution in [3.63, 3.8) is 0 Å². The molecule has 0 fully saturated rings. The van der Waals surface area contributed by atoms with Gasteiger partial charge in [-0.25, -0.2) is 4.79 Å². The molecule has 0 heterocycles. The summed E-state index contributed by atoms with van der Waals surface area (Å²) in [6.45, 7) is 3.97. The second-order valence-corrected chi connectivity index (χ2v) is 5.04. The number of hydrogen-bond acceptors (Lipinski definition) is 3. The molecule has 112 valence electrons. The van der Waals surface area contributed by atoms with E-state index in [1.54, 1.807) is 12.2 Å². The van der Waals surface area contributed by atoms with Crippen molar-refractivity contribution >= 4 is 17.9 Å². The van der Waals surface area contributed by atoms with Gasteiger partial charge in [-0.05, 0) is 20.3 Å². The summed E-state index contributed by atoms with van der Waals surface area (Å²) in [5.41, 5.74) is 0. The molecule has 1 aliphatic carbocycles.